The molecule has 0 radical (unpaired) electrons. The van der Waals surface area contributed by atoms with Gasteiger partial charge in [-0.1, -0.05) is 37.6 Å². The molecule has 0 atom stereocenters. The first-order chi connectivity index (χ1) is 11.0. The van der Waals surface area contributed by atoms with Crippen LogP contribution in [0.25, 0.3) is 0 Å². The summed E-state index contributed by atoms with van der Waals surface area (Å²) in [5.41, 5.74) is 1.15. The van der Waals surface area contributed by atoms with E-state index in [0.29, 0.717) is 6.54 Å². The highest BCUT2D eigenvalue weighted by molar-refractivity contribution is 6.30. The standard InChI is InChI=1S/C18H28ClN3O/c1-15(2)7-9-21-10-12-22(13-11-21)18(23)20-8-6-16-4-3-5-17(19)14-16/h3-5,14-15H,6-13H2,1-2H3,(H,20,23). The van der Waals surface area contributed by atoms with Crippen LogP contribution in [0.5, 0.6) is 0 Å². The third kappa shape index (κ3) is 6.40. The third-order valence-corrected chi connectivity index (χ3v) is 4.50. The van der Waals surface area contributed by atoms with Gasteiger partial charge in [0.1, 0.15) is 0 Å². The van der Waals surface area contributed by atoms with E-state index < -0.39 is 0 Å². The summed E-state index contributed by atoms with van der Waals surface area (Å²) in [5, 5.41) is 3.75. The van der Waals surface area contributed by atoms with E-state index in [2.05, 4.69) is 24.1 Å². The molecule has 0 aromatic heterocycles. The normalized spacial score (nSPS) is 15.9. The van der Waals surface area contributed by atoms with Crippen molar-refractivity contribution in [1.29, 1.82) is 0 Å². The molecule has 1 aromatic carbocycles. The fraction of sp³-hybridized carbons (Fsp3) is 0.611. The van der Waals surface area contributed by atoms with Gasteiger partial charge in [0.05, 0.1) is 0 Å². The van der Waals surface area contributed by atoms with Crippen LogP contribution in [0.1, 0.15) is 25.8 Å². The molecule has 1 aliphatic heterocycles. The van der Waals surface area contributed by atoms with Crippen molar-refractivity contribution in [3.8, 4) is 0 Å². The Bertz CT molecular complexity index is 499. The Balaban J connectivity index is 1.65. The van der Waals surface area contributed by atoms with Gasteiger partial charge in [-0.2, -0.15) is 0 Å². The number of amides is 2. The zero-order chi connectivity index (χ0) is 16.7. The van der Waals surface area contributed by atoms with Crippen LogP contribution in [-0.2, 0) is 6.42 Å². The van der Waals surface area contributed by atoms with Crippen molar-refractivity contribution in [1.82, 2.24) is 15.1 Å². The van der Waals surface area contributed by atoms with E-state index in [1.54, 1.807) is 0 Å². The lowest BCUT2D eigenvalue weighted by Gasteiger charge is -2.35. The molecule has 1 fully saturated rings. The molecule has 128 valence electrons. The van der Waals surface area contributed by atoms with Crippen LogP contribution in [-0.4, -0.2) is 55.1 Å². The number of benzene rings is 1. The average molecular weight is 338 g/mol. The minimum Gasteiger partial charge on any atom is -0.338 e. The summed E-state index contributed by atoms with van der Waals surface area (Å²) in [6.07, 6.45) is 2.03. The number of piperazine rings is 1. The zero-order valence-electron chi connectivity index (χ0n) is 14.2. The first-order valence-corrected chi connectivity index (χ1v) is 8.92. The van der Waals surface area contributed by atoms with E-state index in [1.165, 1.54) is 6.42 Å². The maximum absolute atomic E-state index is 12.2. The molecule has 23 heavy (non-hydrogen) atoms. The van der Waals surface area contributed by atoms with E-state index in [-0.39, 0.29) is 6.03 Å². The highest BCUT2D eigenvalue weighted by atomic mass is 35.5. The Morgan fingerprint density at radius 2 is 2.00 bits per heavy atom. The molecule has 2 amide bonds. The van der Waals surface area contributed by atoms with Gasteiger partial charge in [-0.25, -0.2) is 4.79 Å². The Labute approximate surface area is 144 Å². The maximum atomic E-state index is 12.2. The van der Waals surface area contributed by atoms with Crippen LogP contribution in [0, 0.1) is 5.92 Å². The van der Waals surface area contributed by atoms with Crippen LogP contribution in [0.15, 0.2) is 24.3 Å². The number of rotatable bonds is 6. The van der Waals surface area contributed by atoms with Crippen LogP contribution < -0.4 is 5.32 Å². The molecule has 5 heteroatoms. The van der Waals surface area contributed by atoms with Crippen molar-refractivity contribution in [2.24, 2.45) is 5.92 Å². The second-order valence-electron chi connectivity index (χ2n) is 6.62. The molecule has 1 aliphatic rings. The Hall–Kier alpha value is -1.26. The van der Waals surface area contributed by atoms with E-state index in [9.17, 15) is 4.79 Å². The average Bonchev–Trinajstić information content (AvgIpc) is 2.53. The van der Waals surface area contributed by atoms with Crippen LogP contribution in [0.4, 0.5) is 4.79 Å². The predicted octanol–water partition coefficient (Wildman–Crippen LogP) is 3.26. The smallest absolute Gasteiger partial charge is 0.317 e. The summed E-state index contributed by atoms with van der Waals surface area (Å²) in [6.45, 7) is 9.90. The predicted molar refractivity (Wildman–Crippen MR) is 96.0 cm³/mol. The number of carbonyl (C=O) groups excluding carboxylic acids is 1. The first-order valence-electron chi connectivity index (χ1n) is 8.54. The van der Waals surface area contributed by atoms with E-state index in [4.69, 9.17) is 11.6 Å². The van der Waals surface area contributed by atoms with Gasteiger partial charge in [0.15, 0.2) is 0 Å². The minimum atomic E-state index is 0.0514. The molecule has 1 heterocycles. The molecule has 0 aliphatic carbocycles. The molecule has 2 rings (SSSR count). The molecule has 4 nitrogen and oxygen atoms in total. The summed E-state index contributed by atoms with van der Waals surface area (Å²) in [5.74, 6) is 0.739. The minimum absolute atomic E-state index is 0.0514. The monoisotopic (exact) mass is 337 g/mol. The number of nitrogens with zero attached hydrogens (tertiary/aromatic N) is 2. The first kappa shape index (κ1) is 18.1. The lowest BCUT2D eigenvalue weighted by atomic mass is 10.1. The second kappa shape index (κ2) is 9.14. The van der Waals surface area contributed by atoms with Gasteiger partial charge >= 0.3 is 6.03 Å². The SMILES string of the molecule is CC(C)CCN1CCN(C(=O)NCCc2cccc(Cl)c2)CC1. The number of carbonyl (C=O) groups is 1. The largest absolute Gasteiger partial charge is 0.338 e. The maximum Gasteiger partial charge on any atom is 0.317 e. The number of hydrogen-bond acceptors (Lipinski definition) is 2. The number of nitrogens with one attached hydrogen (secondary N) is 1. The third-order valence-electron chi connectivity index (χ3n) is 4.26. The molecule has 1 saturated heterocycles. The fourth-order valence-electron chi connectivity index (χ4n) is 2.73. The molecule has 0 spiro atoms. The van der Waals surface area contributed by atoms with Gasteiger partial charge < -0.3 is 10.2 Å². The molecular weight excluding hydrogens is 310 g/mol. The summed E-state index contributed by atoms with van der Waals surface area (Å²) < 4.78 is 0. The van der Waals surface area contributed by atoms with Gasteiger partial charge in [0.25, 0.3) is 0 Å². The Morgan fingerprint density at radius 3 is 2.65 bits per heavy atom. The highest BCUT2D eigenvalue weighted by Crippen LogP contribution is 2.11. The summed E-state index contributed by atoms with van der Waals surface area (Å²) in [4.78, 5) is 16.6. The van der Waals surface area contributed by atoms with Crippen molar-refractivity contribution in [2.45, 2.75) is 26.7 Å². The summed E-state index contributed by atoms with van der Waals surface area (Å²) >= 11 is 5.97. The zero-order valence-corrected chi connectivity index (χ0v) is 15.0. The lowest BCUT2D eigenvalue weighted by molar-refractivity contribution is 0.136. The molecule has 0 bridgehead atoms. The highest BCUT2D eigenvalue weighted by Gasteiger charge is 2.20. The quantitative estimate of drug-likeness (QED) is 0.864. The van der Waals surface area contributed by atoms with Crippen molar-refractivity contribution in [2.75, 3.05) is 39.3 Å². The van der Waals surface area contributed by atoms with Crippen LogP contribution in [0.2, 0.25) is 5.02 Å². The van der Waals surface area contributed by atoms with Crippen molar-refractivity contribution in [3.05, 3.63) is 34.9 Å². The van der Waals surface area contributed by atoms with Crippen molar-refractivity contribution >= 4 is 17.6 Å². The molecular formula is C18H28ClN3O. The van der Waals surface area contributed by atoms with Gasteiger partial charge in [0, 0.05) is 37.7 Å². The summed E-state index contributed by atoms with van der Waals surface area (Å²) in [7, 11) is 0. The van der Waals surface area contributed by atoms with E-state index in [1.807, 2.05) is 29.2 Å². The fourth-order valence-corrected chi connectivity index (χ4v) is 2.95. The van der Waals surface area contributed by atoms with Crippen LogP contribution in [0.3, 0.4) is 0 Å². The molecule has 0 saturated carbocycles. The van der Waals surface area contributed by atoms with Gasteiger partial charge in [-0.3, -0.25) is 4.90 Å². The topological polar surface area (TPSA) is 35.6 Å². The van der Waals surface area contributed by atoms with Crippen LogP contribution >= 0.6 is 11.6 Å². The Morgan fingerprint density at radius 1 is 1.26 bits per heavy atom. The Kier molecular flexibility index (Phi) is 7.18. The summed E-state index contributed by atoms with van der Waals surface area (Å²) in [6, 6.07) is 7.83. The van der Waals surface area contributed by atoms with Gasteiger partial charge in [-0.15, -0.1) is 0 Å². The number of urea groups is 1. The number of halogens is 1. The van der Waals surface area contributed by atoms with Crippen molar-refractivity contribution in [3.63, 3.8) is 0 Å². The second-order valence-corrected chi connectivity index (χ2v) is 7.06. The molecule has 1 N–H and O–H groups in total. The van der Waals surface area contributed by atoms with Gasteiger partial charge in [0.2, 0.25) is 0 Å². The number of hydrogen-bond donors (Lipinski definition) is 1. The van der Waals surface area contributed by atoms with E-state index >= 15 is 0 Å². The molecule has 1 aromatic rings. The van der Waals surface area contributed by atoms with Gasteiger partial charge in [-0.05, 0) is 43.0 Å². The van der Waals surface area contributed by atoms with Crippen molar-refractivity contribution < 1.29 is 4.79 Å². The molecule has 0 unspecified atom stereocenters. The van der Waals surface area contributed by atoms with E-state index in [0.717, 1.165) is 55.6 Å². The lowest BCUT2D eigenvalue weighted by Crippen LogP contribution is -2.52.